The van der Waals surface area contributed by atoms with Gasteiger partial charge in [-0.3, -0.25) is 0 Å². The lowest BCUT2D eigenvalue weighted by Crippen LogP contribution is -2.27. The van der Waals surface area contributed by atoms with Crippen LogP contribution in [0.3, 0.4) is 0 Å². The molecule has 3 nitrogen and oxygen atoms in total. The molecule has 6 rings (SSSR count). The molecule has 0 amide bonds. The van der Waals surface area contributed by atoms with Crippen LogP contribution in [0.25, 0.3) is 10.9 Å². The van der Waals surface area contributed by atoms with E-state index < -0.39 is 0 Å². The number of nitrogens with two attached hydrogens (primary N) is 1. The van der Waals surface area contributed by atoms with E-state index in [1.165, 1.54) is 62.7 Å². The summed E-state index contributed by atoms with van der Waals surface area (Å²) in [5, 5.41) is 3.37. The maximum absolute atomic E-state index is 5.68. The van der Waals surface area contributed by atoms with E-state index in [1.807, 2.05) is 6.07 Å². The molecular weight excluding hydrogens is 330 g/mol. The summed E-state index contributed by atoms with van der Waals surface area (Å²) in [5.74, 6) is 5.68. The minimum absolute atomic E-state index is 0.958. The molecule has 3 aromatic rings. The van der Waals surface area contributed by atoms with Crippen molar-refractivity contribution in [2.24, 2.45) is 5.84 Å². The predicted molar refractivity (Wildman–Crippen MR) is 113 cm³/mol. The zero-order chi connectivity index (χ0) is 18.2. The highest BCUT2D eigenvalue weighted by atomic mass is 15.4. The van der Waals surface area contributed by atoms with Crippen molar-refractivity contribution in [3.8, 4) is 0 Å². The summed E-state index contributed by atoms with van der Waals surface area (Å²) in [7, 11) is 0. The minimum atomic E-state index is 0.958. The molecule has 0 saturated carbocycles. The molecule has 2 N–H and O–H groups in total. The number of fused-ring (bicyclic) bond motifs is 4. The van der Waals surface area contributed by atoms with Crippen LogP contribution < -0.4 is 10.9 Å². The fourth-order valence-corrected chi connectivity index (χ4v) is 5.16. The molecule has 1 aliphatic carbocycles. The number of benzene rings is 2. The Balaban J connectivity index is 0.000000137. The number of rotatable bonds is 0. The van der Waals surface area contributed by atoms with Gasteiger partial charge in [0, 0.05) is 24.2 Å². The van der Waals surface area contributed by atoms with Crippen LogP contribution in [0, 0.1) is 0 Å². The molecule has 1 aromatic heterocycles. The van der Waals surface area contributed by atoms with Gasteiger partial charge in [-0.2, -0.15) is 0 Å². The van der Waals surface area contributed by atoms with E-state index in [4.69, 9.17) is 5.84 Å². The van der Waals surface area contributed by atoms with Gasteiger partial charge in [0.1, 0.15) is 0 Å². The van der Waals surface area contributed by atoms with Gasteiger partial charge in [-0.15, -0.1) is 0 Å². The third kappa shape index (κ3) is 2.94. The minimum Gasteiger partial charge on any atom is -0.344 e. The first-order valence-electron chi connectivity index (χ1n) is 10.5. The van der Waals surface area contributed by atoms with Gasteiger partial charge >= 0.3 is 0 Å². The number of hydrogen-bond donors (Lipinski definition) is 1. The standard InChI is InChI=1S/C16H19N.C8H10N2/c1-2-4-9-15-13(7-3-1)14-8-5-6-12-10-11-17(15)16(12)14;9-10-6-5-7-3-1-2-4-8(7)10/h5-6,8H,1-4,7,9-11H2;1-4H,5-6,9H2. The summed E-state index contributed by atoms with van der Waals surface area (Å²) in [6, 6.07) is 15.2. The Morgan fingerprint density at radius 3 is 2.37 bits per heavy atom. The first-order valence-corrected chi connectivity index (χ1v) is 10.5. The quantitative estimate of drug-likeness (QED) is 0.586. The van der Waals surface area contributed by atoms with E-state index in [0.29, 0.717) is 0 Å². The van der Waals surface area contributed by atoms with Gasteiger partial charge in [-0.05, 0) is 61.3 Å². The van der Waals surface area contributed by atoms with Crippen LogP contribution in [0.15, 0.2) is 42.5 Å². The topological polar surface area (TPSA) is 34.2 Å². The summed E-state index contributed by atoms with van der Waals surface area (Å²) < 4.78 is 2.63. The second-order valence-corrected chi connectivity index (χ2v) is 8.13. The Hall–Kier alpha value is -2.26. The van der Waals surface area contributed by atoms with E-state index in [1.54, 1.807) is 32.7 Å². The van der Waals surface area contributed by atoms with Gasteiger partial charge in [0.15, 0.2) is 0 Å². The van der Waals surface area contributed by atoms with Crippen LogP contribution >= 0.6 is 0 Å². The van der Waals surface area contributed by atoms with Crippen molar-refractivity contribution < 1.29 is 0 Å². The van der Waals surface area contributed by atoms with E-state index in [-0.39, 0.29) is 0 Å². The molecule has 3 heteroatoms. The third-order valence-electron chi connectivity index (χ3n) is 6.51. The lowest BCUT2D eigenvalue weighted by atomic mass is 9.95. The molecule has 3 aliphatic rings. The Kier molecular flexibility index (Phi) is 4.41. The third-order valence-corrected chi connectivity index (χ3v) is 6.51. The maximum Gasteiger partial charge on any atom is 0.0549 e. The number of anilines is 1. The van der Waals surface area contributed by atoms with Crippen molar-refractivity contribution in [2.45, 2.75) is 57.9 Å². The average Bonchev–Trinajstić information content (AvgIpc) is 3.34. The number of hydrogen-bond acceptors (Lipinski definition) is 2. The maximum atomic E-state index is 5.68. The highest BCUT2D eigenvalue weighted by Crippen LogP contribution is 2.36. The summed E-state index contributed by atoms with van der Waals surface area (Å²) in [6.07, 6.45) is 10.6. The second kappa shape index (κ2) is 7.05. The lowest BCUT2D eigenvalue weighted by molar-refractivity contribution is 0.591. The number of nitrogens with zero attached hydrogens (tertiary/aromatic N) is 2. The van der Waals surface area contributed by atoms with Crippen LogP contribution in [0.1, 0.15) is 48.1 Å². The molecular formula is C24H29N3. The fourth-order valence-electron chi connectivity index (χ4n) is 5.16. The number of hydrazine groups is 1. The van der Waals surface area contributed by atoms with Crippen molar-refractivity contribution in [1.29, 1.82) is 0 Å². The zero-order valence-corrected chi connectivity index (χ0v) is 16.1. The second-order valence-electron chi connectivity index (χ2n) is 8.13. The van der Waals surface area contributed by atoms with Gasteiger partial charge < -0.3 is 9.58 Å². The monoisotopic (exact) mass is 359 g/mol. The van der Waals surface area contributed by atoms with Crippen LogP contribution in [-0.4, -0.2) is 11.1 Å². The first kappa shape index (κ1) is 16.9. The van der Waals surface area contributed by atoms with E-state index in [2.05, 4.69) is 41.0 Å². The summed E-state index contributed by atoms with van der Waals surface area (Å²) >= 11 is 0. The predicted octanol–water partition coefficient (Wildman–Crippen LogP) is 4.78. The van der Waals surface area contributed by atoms with Crippen molar-refractivity contribution in [3.63, 3.8) is 0 Å². The summed E-state index contributed by atoms with van der Waals surface area (Å²) in [4.78, 5) is 0. The number of aryl methyl sites for hydroxylation is 3. The average molecular weight is 360 g/mol. The largest absolute Gasteiger partial charge is 0.344 e. The van der Waals surface area contributed by atoms with Crippen molar-refractivity contribution in [2.75, 3.05) is 11.6 Å². The number of aromatic nitrogens is 1. The van der Waals surface area contributed by atoms with E-state index in [0.717, 1.165) is 13.0 Å². The SMILES string of the molecule is NN1CCc2ccccc21.c1cc2c3c(c1)c1c(n3CC2)CCCCCC1. The van der Waals surface area contributed by atoms with Gasteiger partial charge in [-0.25, -0.2) is 5.84 Å². The Bertz CT molecular complexity index is 969. The highest BCUT2D eigenvalue weighted by molar-refractivity contribution is 5.89. The molecule has 2 aliphatic heterocycles. The first-order chi connectivity index (χ1) is 13.3. The molecule has 0 radical (unpaired) electrons. The van der Waals surface area contributed by atoms with Gasteiger partial charge in [0.2, 0.25) is 0 Å². The van der Waals surface area contributed by atoms with E-state index in [9.17, 15) is 0 Å². The Labute approximate surface area is 161 Å². The highest BCUT2D eigenvalue weighted by Gasteiger charge is 2.23. The molecule has 0 unspecified atom stereocenters. The normalized spacial score (nSPS) is 17.7. The summed E-state index contributed by atoms with van der Waals surface area (Å²) in [5.41, 5.74) is 9.05. The van der Waals surface area contributed by atoms with Gasteiger partial charge in [0.05, 0.1) is 11.2 Å². The smallest absolute Gasteiger partial charge is 0.0549 e. The Morgan fingerprint density at radius 1 is 0.704 bits per heavy atom. The van der Waals surface area contributed by atoms with Crippen molar-refractivity contribution in [3.05, 3.63) is 64.8 Å². The molecule has 0 fully saturated rings. The van der Waals surface area contributed by atoms with Gasteiger partial charge in [0.25, 0.3) is 0 Å². The Morgan fingerprint density at radius 2 is 1.48 bits per heavy atom. The summed E-state index contributed by atoms with van der Waals surface area (Å²) in [6.45, 7) is 2.19. The van der Waals surface area contributed by atoms with E-state index >= 15 is 0 Å². The fraction of sp³-hybridized carbons (Fsp3) is 0.417. The van der Waals surface area contributed by atoms with Crippen LogP contribution in [0.5, 0.6) is 0 Å². The molecule has 0 bridgehead atoms. The molecule has 2 aromatic carbocycles. The van der Waals surface area contributed by atoms with Crippen molar-refractivity contribution >= 4 is 16.6 Å². The molecule has 0 saturated heterocycles. The molecule has 27 heavy (non-hydrogen) atoms. The van der Waals surface area contributed by atoms with Crippen LogP contribution in [0.4, 0.5) is 5.69 Å². The zero-order valence-electron chi connectivity index (χ0n) is 16.1. The lowest BCUT2D eigenvalue weighted by Gasteiger charge is -2.13. The molecule has 0 spiro atoms. The van der Waals surface area contributed by atoms with Crippen LogP contribution in [0.2, 0.25) is 0 Å². The molecule has 140 valence electrons. The van der Waals surface area contributed by atoms with Gasteiger partial charge in [-0.1, -0.05) is 49.2 Å². The molecule has 3 heterocycles. The van der Waals surface area contributed by atoms with Crippen molar-refractivity contribution in [1.82, 2.24) is 4.57 Å². The van der Waals surface area contributed by atoms with Crippen LogP contribution in [-0.2, 0) is 32.2 Å². The molecule has 0 atom stereocenters. The number of para-hydroxylation sites is 2.